The quantitative estimate of drug-likeness (QED) is 0.835. The van der Waals surface area contributed by atoms with E-state index in [1.807, 2.05) is 32.0 Å². The van der Waals surface area contributed by atoms with Crippen LogP contribution in [-0.4, -0.2) is 10.7 Å². The molecule has 1 aromatic rings. The van der Waals surface area contributed by atoms with Gasteiger partial charge in [0.1, 0.15) is 0 Å². The summed E-state index contributed by atoms with van der Waals surface area (Å²) in [5, 5.41) is 2.89. The predicted molar refractivity (Wildman–Crippen MR) is 70.5 cm³/mol. The largest absolute Gasteiger partial charge is 0.325 e. The van der Waals surface area contributed by atoms with Crippen molar-refractivity contribution >= 4 is 43.5 Å². The molecule has 0 saturated heterocycles. The van der Waals surface area contributed by atoms with Crippen LogP contribution in [-0.2, 0) is 4.79 Å². The number of rotatable bonds is 3. The molecule has 1 rings (SSSR count). The highest BCUT2D eigenvalue weighted by atomic mass is 79.9. The van der Waals surface area contributed by atoms with E-state index in [4.69, 9.17) is 0 Å². The summed E-state index contributed by atoms with van der Waals surface area (Å²) in [4.78, 5) is 11.5. The lowest BCUT2D eigenvalue weighted by Crippen LogP contribution is -2.22. The molecule has 2 nitrogen and oxygen atoms in total. The topological polar surface area (TPSA) is 29.1 Å². The van der Waals surface area contributed by atoms with Crippen molar-refractivity contribution in [1.82, 2.24) is 0 Å². The van der Waals surface area contributed by atoms with Gasteiger partial charge in [0.25, 0.3) is 0 Å². The Labute approximate surface area is 107 Å². The molecule has 0 heterocycles. The van der Waals surface area contributed by atoms with Gasteiger partial charge in [-0.05, 0) is 31.0 Å². The van der Waals surface area contributed by atoms with E-state index in [1.165, 1.54) is 0 Å². The number of carbonyl (C=O) groups is 1. The van der Waals surface area contributed by atoms with Gasteiger partial charge >= 0.3 is 0 Å². The van der Waals surface area contributed by atoms with Crippen LogP contribution in [0, 0.1) is 6.92 Å². The van der Waals surface area contributed by atoms with Gasteiger partial charge in [0.15, 0.2) is 0 Å². The van der Waals surface area contributed by atoms with Crippen molar-refractivity contribution in [2.75, 3.05) is 5.32 Å². The Morgan fingerprint density at radius 3 is 2.80 bits per heavy atom. The van der Waals surface area contributed by atoms with Crippen LogP contribution in [0.2, 0.25) is 0 Å². The Hall–Kier alpha value is -0.350. The second kappa shape index (κ2) is 5.66. The second-order valence-electron chi connectivity index (χ2n) is 3.28. The van der Waals surface area contributed by atoms with Crippen molar-refractivity contribution in [1.29, 1.82) is 0 Å². The van der Waals surface area contributed by atoms with E-state index in [9.17, 15) is 4.79 Å². The fourth-order valence-electron chi connectivity index (χ4n) is 1.14. The first kappa shape index (κ1) is 12.7. The van der Waals surface area contributed by atoms with Crippen molar-refractivity contribution < 1.29 is 4.79 Å². The van der Waals surface area contributed by atoms with Crippen LogP contribution in [0.5, 0.6) is 0 Å². The monoisotopic (exact) mass is 333 g/mol. The summed E-state index contributed by atoms with van der Waals surface area (Å²) >= 11 is 6.75. The van der Waals surface area contributed by atoms with Crippen LogP contribution < -0.4 is 5.32 Å². The maximum absolute atomic E-state index is 11.6. The maximum atomic E-state index is 11.6. The average Bonchev–Trinajstić information content (AvgIpc) is 2.23. The zero-order valence-electron chi connectivity index (χ0n) is 8.68. The van der Waals surface area contributed by atoms with E-state index < -0.39 is 0 Å². The summed E-state index contributed by atoms with van der Waals surface area (Å²) in [5.41, 5.74) is 1.90. The summed E-state index contributed by atoms with van der Waals surface area (Å²) in [6.45, 7) is 3.93. The first-order valence-corrected chi connectivity index (χ1v) is 6.47. The van der Waals surface area contributed by atoms with Gasteiger partial charge in [0.2, 0.25) is 5.91 Å². The molecule has 0 aliphatic carbocycles. The number of benzene rings is 1. The average molecular weight is 335 g/mol. The summed E-state index contributed by atoms with van der Waals surface area (Å²) in [6, 6.07) is 5.76. The molecule has 1 N–H and O–H groups in total. The van der Waals surface area contributed by atoms with Crippen LogP contribution in [0.15, 0.2) is 22.7 Å². The number of hydrogen-bond donors (Lipinski definition) is 1. The van der Waals surface area contributed by atoms with Gasteiger partial charge in [-0.15, -0.1) is 0 Å². The molecular weight excluding hydrogens is 322 g/mol. The fourth-order valence-corrected chi connectivity index (χ4v) is 1.62. The highest BCUT2D eigenvalue weighted by Gasteiger charge is 2.13. The van der Waals surface area contributed by atoms with Gasteiger partial charge in [-0.25, -0.2) is 0 Å². The maximum Gasteiger partial charge on any atom is 0.238 e. The molecule has 1 aromatic carbocycles. The zero-order chi connectivity index (χ0) is 11.4. The summed E-state index contributed by atoms with van der Waals surface area (Å²) in [7, 11) is 0. The SMILES string of the molecule is CCC(Br)C(=O)Nc1cccc(Br)c1C. The van der Waals surface area contributed by atoms with E-state index in [0.29, 0.717) is 0 Å². The molecule has 82 valence electrons. The first-order chi connectivity index (χ1) is 7.06. The minimum Gasteiger partial charge on any atom is -0.325 e. The number of amides is 1. The summed E-state index contributed by atoms with van der Waals surface area (Å²) < 4.78 is 1.00. The molecule has 0 spiro atoms. The minimum atomic E-state index is -0.129. The van der Waals surface area contributed by atoms with Gasteiger partial charge < -0.3 is 5.32 Å². The Bertz CT molecular complexity index is 366. The first-order valence-electron chi connectivity index (χ1n) is 4.76. The van der Waals surface area contributed by atoms with Gasteiger partial charge in [-0.1, -0.05) is 44.8 Å². The van der Waals surface area contributed by atoms with E-state index in [-0.39, 0.29) is 10.7 Å². The van der Waals surface area contributed by atoms with Crippen LogP contribution in [0.25, 0.3) is 0 Å². The van der Waals surface area contributed by atoms with Crippen LogP contribution in [0.3, 0.4) is 0 Å². The Morgan fingerprint density at radius 2 is 2.20 bits per heavy atom. The van der Waals surface area contributed by atoms with Crippen molar-refractivity contribution in [2.45, 2.75) is 25.1 Å². The summed E-state index contributed by atoms with van der Waals surface area (Å²) in [5.74, 6) is -0.00120. The molecule has 1 atom stereocenters. The Kier molecular flexibility index (Phi) is 4.80. The Morgan fingerprint density at radius 1 is 1.53 bits per heavy atom. The van der Waals surface area contributed by atoms with Crippen LogP contribution in [0.1, 0.15) is 18.9 Å². The molecule has 15 heavy (non-hydrogen) atoms. The lowest BCUT2D eigenvalue weighted by Gasteiger charge is -2.11. The third kappa shape index (κ3) is 3.31. The van der Waals surface area contributed by atoms with E-state index in [0.717, 1.165) is 22.1 Å². The molecule has 0 aliphatic heterocycles. The normalized spacial score (nSPS) is 12.3. The highest BCUT2D eigenvalue weighted by Crippen LogP contribution is 2.24. The minimum absolute atomic E-state index is 0.00120. The van der Waals surface area contributed by atoms with Gasteiger partial charge in [0, 0.05) is 10.2 Å². The number of hydrogen-bond acceptors (Lipinski definition) is 1. The van der Waals surface area contributed by atoms with E-state index in [1.54, 1.807) is 0 Å². The number of alkyl halides is 1. The molecule has 0 aliphatic rings. The zero-order valence-corrected chi connectivity index (χ0v) is 11.9. The van der Waals surface area contributed by atoms with E-state index in [2.05, 4.69) is 37.2 Å². The van der Waals surface area contributed by atoms with Gasteiger partial charge in [0.05, 0.1) is 4.83 Å². The number of anilines is 1. The molecule has 4 heteroatoms. The fraction of sp³-hybridized carbons (Fsp3) is 0.364. The molecular formula is C11H13Br2NO. The molecule has 1 unspecified atom stereocenters. The van der Waals surface area contributed by atoms with Gasteiger partial charge in [-0.3, -0.25) is 4.79 Å². The Balaban J connectivity index is 2.81. The predicted octanol–water partition coefficient (Wildman–Crippen LogP) is 3.87. The molecule has 0 radical (unpaired) electrons. The number of halogens is 2. The lowest BCUT2D eigenvalue weighted by molar-refractivity contribution is -0.115. The molecule has 0 aromatic heterocycles. The molecule has 0 bridgehead atoms. The highest BCUT2D eigenvalue weighted by molar-refractivity contribution is 9.10. The van der Waals surface area contributed by atoms with Crippen molar-refractivity contribution in [3.8, 4) is 0 Å². The van der Waals surface area contributed by atoms with Gasteiger partial charge in [-0.2, -0.15) is 0 Å². The molecule has 0 saturated carbocycles. The third-order valence-electron chi connectivity index (χ3n) is 2.17. The van der Waals surface area contributed by atoms with Crippen LogP contribution in [0.4, 0.5) is 5.69 Å². The smallest absolute Gasteiger partial charge is 0.238 e. The van der Waals surface area contributed by atoms with Crippen molar-refractivity contribution in [3.05, 3.63) is 28.2 Å². The summed E-state index contributed by atoms with van der Waals surface area (Å²) in [6.07, 6.45) is 0.777. The second-order valence-corrected chi connectivity index (χ2v) is 5.24. The van der Waals surface area contributed by atoms with Crippen molar-refractivity contribution in [2.24, 2.45) is 0 Å². The molecule has 0 fully saturated rings. The standard InChI is InChI=1S/C11H13Br2NO/c1-3-8(12)11(15)14-10-6-4-5-9(13)7(10)2/h4-6,8H,3H2,1-2H3,(H,14,15). The third-order valence-corrected chi connectivity index (χ3v) is 4.09. The van der Waals surface area contributed by atoms with E-state index >= 15 is 0 Å². The number of carbonyl (C=O) groups excluding carboxylic acids is 1. The molecule has 1 amide bonds. The number of nitrogens with one attached hydrogen (secondary N) is 1. The van der Waals surface area contributed by atoms with Crippen LogP contribution >= 0.6 is 31.9 Å². The van der Waals surface area contributed by atoms with Crippen molar-refractivity contribution in [3.63, 3.8) is 0 Å². The lowest BCUT2D eigenvalue weighted by atomic mass is 10.2.